The number of carbonyl (C=O) groups is 1. The molecule has 0 unspecified atom stereocenters. The van der Waals surface area contributed by atoms with Crippen LogP contribution < -0.4 is 10.2 Å². The number of aromatic nitrogens is 4. The molecule has 39 heavy (non-hydrogen) atoms. The predicted octanol–water partition coefficient (Wildman–Crippen LogP) is 4.13. The van der Waals surface area contributed by atoms with Gasteiger partial charge in [-0.2, -0.15) is 10.4 Å². The highest BCUT2D eigenvalue weighted by Gasteiger charge is 2.52. The molecule has 1 saturated carbocycles. The molecule has 200 valence electrons. The highest BCUT2D eigenvalue weighted by atomic mass is 32.1. The van der Waals surface area contributed by atoms with Gasteiger partial charge in [-0.3, -0.25) is 14.5 Å². The first-order valence-electron chi connectivity index (χ1n) is 12.7. The van der Waals surface area contributed by atoms with Gasteiger partial charge < -0.3 is 14.6 Å². The van der Waals surface area contributed by atoms with E-state index in [0.29, 0.717) is 42.8 Å². The van der Waals surface area contributed by atoms with Crippen LogP contribution in [0.2, 0.25) is 0 Å². The van der Waals surface area contributed by atoms with E-state index in [-0.39, 0.29) is 28.5 Å². The number of carbonyl (C=O) groups excluding carboxylic acids is 1. The van der Waals surface area contributed by atoms with Crippen molar-refractivity contribution in [2.45, 2.75) is 51.2 Å². The molecule has 4 heterocycles. The zero-order valence-electron chi connectivity index (χ0n) is 21.4. The Kier molecular flexibility index (Phi) is 5.95. The Morgan fingerprint density at radius 1 is 1.31 bits per heavy atom. The van der Waals surface area contributed by atoms with Crippen LogP contribution in [0, 0.1) is 29.9 Å². The first-order chi connectivity index (χ1) is 18.8. The number of nitrogens with zero attached hydrogens (tertiary/aromatic N) is 8. The topological polar surface area (TPSA) is 107 Å². The van der Waals surface area contributed by atoms with Gasteiger partial charge in [0.2, 0.25) is 0 Å². The van der Waals surface area contributed by atoms with Gasteiger partial charge >= 0.3 is 0 Å². The summed E-state index contributed by atoms with van der Waals surface area (Å²) in [5, 5.41) is 19.1. The highest BCUT2D eigenvalue weighted by Crippen LogP contribution is 2.44. The van der Waals surface area contributed by atoms with E-state index in [1.54, 1.807) is 29.0 Å². The summed E-state index contributed by atoms with van der Waals surface area (Å²) in [6.45, 7) is 5.27. The van der Waals surface area contributed by atoms with E-state index in [0.717, 1.165) is 18.9 Å². The number of hydrogen-bond acceptors (Lipinski definition) is 7. The lowest BCUT2D eigenvalue weighted by atomic mass is 10.1. The minimum Gasteiger partial charge on any atom is -0.369 e. The number of fused-ring (bicyclic) bond motifs is 2. The number of rotatable bonds is 7. The number of anilines is 2. The number of nitrogens with one attached hydrogen (secondary N) is 1. The van der Waals surface area contributed by atoms with Gasteiger partial charge in [-0.15, -0.1) is 4.47 Å². The van der Waals surface area contributed by atoms with Gasteiger partial charge in [-0.25, -0.2) is 13.8 Å². The van der Waals surface area contributed by atoms with Gasteiger partial charge in [-0.05, 0) is 39.2 Å². The molecule has 1 N–H and O–H groups in total. The number of hydrogen-bond donors (Lipinski definition) is 1. The maximum absolute atomic E-state index is 15.7. The maximum atomic E-state index is 15.7. The van der Waals surface area contributed by atoms with Crippen molar-refractivity contribution in [1.82, 2.24) is 24.2 Å². The third-order valence-corrected chi connectivity index (χ3v) is 7.70. The molecule has 1 aliphatic carbocycles. The minimum absolute atomic E-state index is 0.0800. The second-order valence-corrected chi connectivity index (χ2v) is 10.3. The van der Waals surface area contributed by atoms with Crippen LogP contribution in [0.5, 0.6) is 0 Å². The van der Waals surface area contributed by atoms with Crippen LogP contribution in [-0.2, 0) is 19.0 Å². The number of nitriles is 1. The van der Waals surface area contributed by atoms with Crippen LogP contribution >= 0.6 is 0 Å². The molecule has 1 saturated heterocycles. The minimum atomic E-state index is -0.736. The molecule has 6 rings (SSSR count). The van der Waals surface area contributed by atoms with Crippen LogP contribution in [0.15, 0.2) is 35.2 Å². The number of amides is 1. The number of benzene rings is 1. The molecule has 3 aromatic heterocycles. The van der Waals surface area contributed by atoms with E-state index in [4.69, 9.17) is 12.4 Å². The van der Waals surface area contributed by atoms with Crippen LogP contribution in [-0.4, -0.2) is 54.8 Å². The van der Waals surface area contributed by atoms with Gasteiger partial charge in [0.1, 0.15) is 22.4 Å². The highest BCUT2D eigenvalue weighted by molar-refractivity contribution is 7.47. The molecule has 0 bridgehead atoms. The van der Waals surface area contributed by atoms with Crippen LogP contribution in [0.3, 0.4) is 0 Å². The molecule has 1 amide bonds. The molecule has 4 aromatic rings. The third kappa shape index (κ3) is 4.15. The van der Waals surface area contributed by atoms with Crippen molar-refractivity contribution in [1.29, 1.82) is 5.26 Å². The van der Waals surface area contributed by atoms with Gasteiger partial charge in [0, 0.05) is 49.7 Å². The van der Waals surface area contributed by atoms with E-state index in [9.17, 15) is 14.4 Å². The standard InChI is InChI=1S/C26H25F2N9OS/c1-3-36-13-18-21(34-7-4-17(12-34)37(33-39)26(14-29)5-6-26)9-19(27)22(23(18)32-36)25(38)31-16-8-20(28)24-30-15(2)10-35(24)11-16/h8-11,13,17H,3-7,12H2,1-2H3,(H,31,38)/t17-/m1/s1. The summed E-state index contributed by atoms with van der Waals surface area (Å²) in [5.74, 6) is -2.08. The van der Waals surface area contributed by atoms with Gasteiger partial charge in [0.15, 0.2) is 11.5 Å². The largest absolute Gasteiger partial charge is 0.369 e. The molecule has 0 radical (unpaired) electrons. The molecule has 2 aliphatic rings. The number of pyridine rings is 1. The summed E-state index contributed by atoms with van der Waals surface area (Å²) in [6.07, 6.45) is 7.11. The Balaban J connectivity index is 1.34. The second-order valence-electron chi connectivity index (χ2n) is 10.1. The fourth-order valence-corrected chi connectivity index (χ4v) is 5.71. The number of imidazole rings is 1. The second kappa shape index (κ2) is 9.23. The summed E-state index contributed by atoms with van der Waals surface area (Å²) in [6, 6.07) is 4.76. The smallest absolute Gasteiger partial charge is 0.260 e. The molecule has 1 aliphatic heterocycles. The monoisotopic (exact) mass is 549 g/mol. The van der Waals surface area contributed by atoms with Gasteiger partial charge in [-0.1, -0.05) is 0 Å². The molecule has 1 atom stereocenters. The summed E-state index contributed by atoms with van der Waals surface area (Å²) in [4.78, 5) is 19.5. The van der Waals surface area contributed by atoms with Gasteiger partial charge in [0.05, 0.1) is 41.6 Å². The van der Waals surface area contributed by atoms with E-state index in [1.807, 2.05) is 11.8 Å². The van der Waals surface area contributed by atoms with Crippen molar-refractivity contribution in [3.63, 3.8) is 0 Å². The average molecular weight is 550 g/mol. The van der Waals surface area contributed by atoms with Crippen molar-refractivity contribution >= 4 is 46.3 Å². The molecular weight excluding hydrogens is 524 g/mol. The quantitative estimate of drug-likeness (QED) is 0.346. The van der Waals surface area contributed by atoms with E-state index >= 15 is 4.39 Å². The van der Waals surface area contributed by atoms with Crippen molar-refractivity contribution in [2.24, 2.45) is 4.47 Å². The summed E-state index contributed by atoms with van der Waals surface area (Å²) < 4.78 is 37.4. The van der Waals surface area contributed by atoms with E-state index < -0.39 is 23.1 Å². The van der Waals surface area contributed by atoms with Crippen molar-refractivity contribution < 1.29 is 13.6 Å². The molecule has 10 nitrogen and oxygen atoms in total. The lowest BCUT2D eigenvalue weighted by molar-refractivity contribution is 0.102. The van der Waals surface area contributed by atoms with Crippen LogP contribution in [0.25, 0.3) is 16.6 Å². The van der Waals surface area contributed by atoms with E-state index in [2.05, 4.69) is 25.9 Å². The van der Waals surface area contributed by atoms with Crippen LogP contribution in [0.1, 0.15) is 42.2 Å². The zero-order chi connectivity index (χ0) is 27.5. The maximum Gasteiger partial charge on any atom is 0.260 e. The zero-order valence-corrected chi connectivity index (χ0v) is 22.2. The van der Waals surface area contributed by atoms with Crippen molar-refractivity contribution in [2.75, 3.05) is 23.3 Å². The fraction of sp³-hybridized carbons (Fsp3) is 0.385. The lowest BCUT2D eigenvalue weighted by Crippen LogP contribution is -2.41. The Hall–Kier alpha value is -4.18. The SMILES string of the molecule is CCn1cc2c(N3CC[C@@H](N(N=S)C4(C#N)CC4)C3)cc(F)c(C(=O)Nc3cc(F)c4nc(C)cn4c3)c2n1. The molecule has 0 spiro atoms. The Labute approximate surface area is 227 Å². The lowest BCUT2D eigenvalue weighted by Gasteiger charge is -2.29. The van der Waals surface area contributed by atoms with Crippen molar-refractivity contribution in [3.05, 3.63) is 53.6 Å². The first-order valence-corrected chi connectivity index (χ1v) is 13.1. The first kappa shape index (κ1) is 25.1. The summed E-state index contributed by atoms with van der Waals surface area (Å²) in [7, 11) is 0. The molecule has 13 heteroatoms. The third-order valence-electron chi connectivity index (χ3n) is 7.52. The fourth-order valence-electron chi connectivity index (χ4n) is 5.42. The Morgan fingerprint density at radius 2 is 2.10 bits per heavy atom. The Morgan fingerprint density at radius 3 is 2.79 bits per heavy atom. The average Bonchev–Trinajstić information content (AvgIpc) is 3.20. The molecule has 2 fully saturated rings. The normalized spacial score (nSPS) is 17.9. The number of aryl methyl sites for hydroxylation is 2. The summed E-state index contributed by atoms with van der Waals surface area (Å²) >= 11 is 5.01. The molecular formula is C26H25F2N9OS. The Bertz CT molecular complexity index is 1690. The number of halogens is 2. The van der Waals surface area contributed by atoms with E-state index in [1.165, 1.54) is 16.7 Å². The molecule has 1 aromatic carbocycles. The summed E-state index contributed by atoms with van der Waals surface area (Å²) in [5.41, 5.74) is 0.883. The van der Waals surface area contributed by atoms with Gasteiger partial charge in [0.25, 0.3) is 5.91 Å². The predicted molar refractivity (Wildman–Crippen MR) is 143 cm³/mol. The van der Waals surface area contributed by atoms with Crippen LogP contribution in [0.4, 0.5) is 20.2 Å². The van der Waals surface area contributed by atoms with Crippen molar-refractivity contribution in [3.8, 4) is 6.07 Å².